The lowest BCUT2D eigenvalue weighted by Crippen LogP contribution is -2.41. The van der Waals surface area contributed by atoms with Crippen molar-refractivity contribution in [1.29, 1.82) is 5.26 Å². The predicted molar refractivity (Wildman–Crippen MR) is 75.8 cm³/mol. The molecule has 0 aliphatic heterocycles. The van der Waals surface area contributed by atoms with Gasteiger partial charge in [-0.3, -0.25) is 0 Å². The summed E-state index contributed by atoms with van der Waals surface area (Å²) in [6, 6.07) is 18.3. The molecule has 2 aromatic rings. The third kappa shape index (κ3) is 3.15. The summed E-state index contributed by atoms with van der Waals surface area (Å²) in [5, 5.41) is 18.3. The van der Waals surface area contributed by atoms with Crippen LogP contribution < -0.4 is 10.5 Å². The van der Waals surface area contributed by atoms with Gasteiger partial charge in [0.1, 0.15) is 12.4 Å². The number of hydrogen-bond acceptors (Lipinski definition) is 4. The number of nitrogens with two attached hydrogens (primary N) is 1. The van der Waals surface area contributed by atoms with Gasteiger partial charge in [0.25, 0.3) is 0 Å². The van der Waals surface area contributed by atoms with Crippen molar-refractivity contribution < 1.29 is 9.84 Å². The van der Waals surface area contributed by atoms with Crippen LogP contribution in [0.4, 0.5) is 0 Å². The smallest absolute Gasteiger partial charge is 0.164 e. The Hall–Kier alpha value is -2.35. The molecule has 2 aromatic carbocycles. The lowest BCUT2D eigenvalue weighted by atomic mass is 9.94. The summed E-state index contributed by atoms with van der Waals surface area (Å²) in [7, 11) is 0. The van der Waals surface area contributed by atoms with E-state index in [-0.39, 0.29) is 13.2 Å². The molecule has 3 N–H and O–H groups in total. The lowest BCUT2D eigenvalue weighted by molar-refractivity contribution is 0.254. The van der Waals surface area contributed by atoms with E-state index in [1.54, 1.807) is 36.4 Å². The number of aliphatic hydroxyl groups is 1. The van der Waals surface area contributed by atoms with Crippen LogP contribution in [0.2, 0.25) is 0 Å². The zero-order valence-corrected chi connectivity index (χ0v) is 11.0. The van der Waals surface area contributed by atoms with Crippen LogP contribution in [-0.4, -0.2) is 11.7 Å². The number of nitrogens with zero attached hydrogens (tertiary/aromatic N) is 1. The summed E-state index contributed by atoms with van der Waals surface area (Å²) in [5.41, 5.74) is 6.44. The molecule has 0 spiro atoms. The van der Waals surface area contributed by atoms with Crippen molar-refractivity contribution >= 4 is 0 Å². The number of rotatable bonds is 5. The number of ether oxygens (including phenoxy) is 1. The Kier molecular flexibility index (Phi) is 4.36. The molecule has 0 aliphatic carbocycles. The van der Waals surface area contributed by atoms with Crippen LogP contribution in [0, 0.1) is 11.3 Å². The van der Waals surface area contributed by atoms with Crippen molar-refractivity contribution in [3.8, 4) is 11.8 Å². The molecule has 4 nitrogen and oxygen atoms in total. The largest absolute Gasteiger partial charge is 0.490 e. The maximum atomic E-state index is 9.31. The fraction of sp³-hybridized carbons (Fsp3) is 0.188. The first-order valence-corrected chi connectivity index (χ1v) is 6.26. The van der Waals surface area contributed by atoms with Gasteiger partial charge in [-0.15, -0.1) is 0 Å². The van der Waals surface area contributed by atoms with Gasteiger partial charge in [-0.1, -0.05) is 42.5 Å². The first-order valence-electron chi connectivity index (χ1n) is 6.26. The maximum Gasteiger partial charge on any atom is 0.164 e. The Morgan fingerprint density at radius 3 is 2.30 bits per heavy atom. The van der Waals surface area contributed by atoms with Crippen molar-refractivity contribution in [2.45, 2.75) is 12.1 Å². The average molecular weight is 268 g/mol. The summed E-state index contributed by atoms with van der Waals surface area (Å²) < 4.78 is 5.59. The molecule has 1 unspecified atom stereocenters. The second-order valence-electron chi connectivity index (χ2n) is 4.54. The van der Waals surface area contributed by atoms with Gasteiger partial charge in [0.2, 0.25) is 0 Å². The molecule has 1 atom stereocenters. The maximum absolute atomic E-state index is 9.31. The van der Waals surface area contributed by atoms with Crippen molar-refractivity contribution in [1.82, 2.24) is 0 Å². The number of nitriles is 1. The minimum Gasteiger partial charge on any atom is -0.490 e. The number of aliphatic hydroxyl groups excluding tert-OH is 1. The second-order valence-corrected chi connectivity index (χ2v) is 4.54. The van der Waals surface area contributed by atoms with E-state index in [0.717, 1.165) is 11.1 Å². The fourth-order valence-electron chi connectivity index (χ4n) is 1.80. The van der Waals surface area contributed by atoms with Crippen molar-refractivity contribution in [2.75, 3.05) is 6.61 Å². The molecule has 2 rings (SSSR count). The van der Waals surface area contributed by atoms with E-state index in [1.165, 1.54) is 0 Å². The molecule has 0 bridgehead atoms. The highest BCUT2D eigenvalue weighted by Crippen LogP contribution is 2.20. The van der Waals surface area contributed by atoms with E-state index in [4.69, 9.17) is 15.6 Å². The Labute approximate surface area is 118 Å². The Morgan fingerprint density at radius 2 is 1.75 bits per heavy atom. The molecule has 0 aromatic heterocycles. The molecular weight excluding hydrogens is 252 g/mol. The molecule has 0 fully saturated rings. The Bertz CT molecular complexity index is 590. The SMILES string of the molecule is N#CC(N)(COc1ccc(CO)cc1)c1ccccc1. The third-order valence-corrected chi connectivity index (χ3v) is 3.06. The van der Waals surface area contributed by atoms with E-state index in [1.807, 2.05) is 18.2 Å². The highest BCUT2D eigenvalue weighted by molar-refractivity contribution is 5.32. The minimum atomic E-state index is -1.18. The molecule has 20 heavy (non-hydrogen) atoms. The van der Waals surface area contributed by atoms with Crippen LogP contribution in [-0.2, 0) is 12.1 Å². The van der Waals surface area contributed by atoms with Crippen molar-refractivity contribution in [2.24, 2.45) is 5.73 Å². The van der Waals surface area contributed by atoms with Crippen LogP contribution in [0.25, 0.3) is 0 Å². The molecule has 102 valence electrons. The summed E-state index contributed by atoms with van der Waals surface area (Å²) >= 11 is 0. The standard InChI is InChI=1S/C16H16N2O2/c17-11-16(18,14-4-2-1-3-5-14)12-20-15-8-6-13(10-19)7-9-15/h1-9,19H,10,12,18H2. The minimum absolute atomic E-state index is 0.0106. The van der Waals surface area contributed by atoms with Gasteiger partial charge in [-0.2, -0.15) is 5.26 Å². The highest BCUT2D eigenvalue weighted by atomic mass is 16.5. The summed E-state index contributed by atoms with van der Waals surface area (Å²) in [6.07, 6.45) is 0. The van der Waals surface area contributed by atoms with E-state index in [0.29, 0.717) is 5.75 Å². The second kappa shape index (κ2) is 6.20. The molecule has 0 heterocycles. The van der Waals surface area contributed by atoms with E-state index in [9.17, 15) is 5.26 Å². The summed E-state index contributed by atoms with van der Waals surface area (Å²) in [6.45, 7) is 0.0509. The van der Waals surface area contributed by atoms with E-state index < -0.39 is 5.54 Å². The zero-order valence-electron chi connectivity index (χ0n) is 11.0. The van der Waals surface area contributed by atoms with Gasteiger partial charge >= 0.3 is 0 Å². The number of benzene rings is 2. The topological polar surface area (TPSA) is 79.3 Å². The predicted octanol–water partition coefficient (Wildman–Crippen LogP) is 1.94. The Balaban J connectivity index is 2.09. The van der Waals surface area contributed by atoms with Crippen LogP contribution in [0.3, 0.4) is 0 Å². The monoisotopic (exact) mass is 268 g/mol. The number of hydrogen-bond donors (Lipinski definition) is 2. The molecule has 4 heteroatoms. The quantitative estimate of drug-likeness (QED) is 0.868. The van der Waals surface area contributed by atoms with Gasteiger partial charge in [0, 0.05) is 0 Å². The fourth-order valence-corrected chi connectivity index (χ4v) is 1.80. The van der Waals surface area contributed by atoms with Crippen LogP contribution in [0.1, 0.15) is 11.1 Å². The van der Waals surface area contributed by atoms with Crippen LogP contribution in [0.15, 0.2) is 54.6 Å². The highest BCUT2D eigenvalue weighted by Gasteiger charge is 2.28. The summed E-state index contributed by atoms with van der Waals surface area (Å²) in [4.78, 5) is 0. The third-order valence-electron chi connectivity index (χ3n) is 3.06. The van der Waals surface area contributed by atoms with Crippen molar-refractivity contribution in [3.63, 3.8) is 0 Å². The van der Waals surface area contributed by atoms with E-state index >= 15 is 0 Å². The lowest BCUT2D eigenvalue weighted by Gasteiger charge is -2.22. The van der Waals surface area contributed by atoms with Gasteiger partial charge < -0.3 is 15.6 Å². The van der Waals surface area contributed by atoms with Gasteiger partial charge in [-0.05, 0) is 23.3 Å². The van der Waals surface area contributed by atoms with Crippen LogP contribution in [0.5, 0.6) is 5.75 Å². The van der Waals surface area contributed by atoms with Crippen LogP contribution >= 0.6 is 0 Å². The van der Waals surface area contributed by atoms with Gasteiger partial charge in [0.15, 0.2) is 5.54 Å². The molecule has 0 amide bonds. The first-order chi connectivity index (χ1) is 9.68. The molecule has 0 saturated heterocycles. The van der Waals surface area contributed by atoms with Gasteiger partial charge in [-0.25, -0.2) is 0 Å². The average Bonchev–Trinajstić information content (AvgIpc) is 2.54. The summed E-state index contributed by atoms with van der Waals surface area (Å²) in [5.74, 6) is 0.614. The zero-order chi connectivity index (χ0) is 14.4. The Morgan fingerprint density at radius 1 is 1.10 bits per heavy atom. The molecule has 0 aliphatic rings. The van der Waals surface area contributed by atoms with E-state index in [2.05, 4.69) is 6.07 Å². The normalized spacial score (nSPS) is 13.2. The molecular formula is C16H16N2O2. The molecule has 0 radical (unpaired) electrons. The first kappa shape index (κ1) is 14.1. The van der Waals surface area contributed by atoms with Crippen molar-refractivity contribution in [3.05, 3.63) is 65.7 Å². The van der Waals surface area contributed by atoms with Gasteiger partial charge in [0.05, 0.1) is 12.7 Å². The molecule has 0 saturated carbocycles.